The Morgan fingerprint density at radius 3 is 2.23 bits per heavy atom. The molecule has 6 heteroatoms. The van der Waals surface area contributed by atoms with E-state index in [1.165, 1.54) is 0 Å². The molecule has 1 aliphatic rings. The van der Waals surface area contributed by atoms with Crippen molar-refractivity contribution in [1.29, 1.82) is 0 Å². The lowest BCUT2D eigenvalue weighted by atomic mass is 9.98. The molecule has 136 valence electrons. The molecule has 0 radical (unpaired) electrons. The highest BCUT2D eigenvalue weighted by atomic mass is 35.5. The van der Waals surface area contributed by atoms with Gasteiger partial charge in [-0.15, -0.1) is 0 Å². The van der Waals surface area contributed by atoms with E-state index in [0.29, 0.717) is 32.8 Å². The van der Waals surface area contributed by atoms with E-state index in [9.17, 15) is 9.59 Å². The number of likely N-dealkylation sites (tertiary alicyclic amines) is 1. The minimum Gasteiger partial charge on any atom is -0.339 e. The van der Waals surface area contributed by atoms with Crippen LogP contribution in [-0.4, -0.2) is 29.8 Å². The number of halogens is 2. The molecule has 2 amide bonds. The minimum atomic E-state index is -0.359. The minimum absolute atomic E-state index is 0.0395. The maximum Gasteiger partial charge on any atom is 0.255 e. The number of carbonyl (C=O) groups is 2. The van der Waals surface area contributed by atoms with Crippen LogP contribution in [0, 0.1) is 5.92 Å². The molecule has 1 heterocycles. The van der Waals surface area contributed by atoms with Crippen molar-refractivity contribution in [2.75, 3.05) is 18.4 Å². The molecule has 0 atom stereocenters. The van der Waals surface area contributed by atoms with Gasteiger partial charge in [0.2, 0.25) is 0 Å². The molecule has 0 spiro atoms. The molecule has 0 bridgehead atoms. The maximum atomic E-state index is 12.7. The fourth-order valence-corrected chi connectivity index (χ4v) is 3.48. The van der Waals surface area contributed by atoms with Gasteiger partial charge in [-0.3, -0.25) is 9.59 Å². The quantitative estimate of drug-likeness (QED) is 0.790. The predicted octanol–water partition coefficient (Wildman–Crippen LogP) is 5.12. The molecule has 0 aliphatic carbocycles. The summed E-state index contributed by atoms with van der Waals surface area (Å²) in [6, 6.07) is 11.7. The van der Waals surface area contributed by atoms with Crippen molar-refractivity contribution < 1.29 is 9.59 Å². The van der Waals surface area contributed by atoms with Gasteiger partial charge in [0.25, 0.3) is 11.8 Å². The maximum absolute atomic E-state index is 12.7. The number of anilines is 1. The van der Waals surface area contributed by atoms with E-state index < -0.39 is 0 Å². The first-order chi connectivity index (χ1) is 12.5. The average molecular weight is 391 g/mol. The number of para-hydroxylation sites is 1. The van der Waals surface area contributed by atoms with Crippen LogP contribution in [0.15, 0.2) is 42.5 Å². The summed E-state index contributed by atoms with van der Waals surface area (Å²) in [5.74, 6) is 0.251. The van der Waals surface area contributed by atoms with Crippen LogP contribution in [-0.2, 0) is 0 Å². The number of nitrogens with zero attached hydrogens (tertiary/aromatic N) is 1. The fraction of sp³-hybridized carbons (Fsp3) is 0.300. The molecule has 4 nitrogen and oxygen atoms in total. The number of piperidine rings is 1. The Balaban J connectivity index is 1.76. The molecule has 0 aromatic heterocycles. The van der Waals surface area contributed by atoms with Gasteiger partial charge in [0.1, 0.15) is 0 Å². The van der Waals surface area contributed by atoms with Gasteiger partial charge in [-0.25, -0.2) is 0 Å². The largest absolute Gasteiger partial charge is 0.339 e. The van der Waals surface area contributed by atoms with Crippen molar-refractivity contribution in [2.24, 2.45) is 5.92 Å². The summed E-state index contributed by atoms with van der Waals surface area (Å²) in [5, 5.41) is 3.44. The molecule has 1 N–H and O–H groups in total. The zero-order valence-corrected chi connectivity index (χ0v) is 16.0. The Morgan fingerprint density at radius 2 is 1.58 bits per heavy atom. The number of hydrogen-bond acceptors (Lipinski definition) is 2. The van der Waals surface area contributed by atoms with Crippen LogP contribution >= 0.6 is 23.2 Å². The van der Waals surface area contributed by atoms with Crippen molar-refractivity contribution in [3.8, 4) is 0 Å². The van der Waals surface area contributed by atoms with Crippen LogP contribution in [0.5, 0.6) is 0 Å². The van der Waals surface area contributed by atoms with Gasteiger partial charge in [-0.2, -0.15) is 0 Å². The van der Waals surface area contributed by atoms with Crippen molar-refractivity contribution in [3.05, 3.63) is 63.6 Å². The van der Waals surface area contributed by atoms with E-state index in [4.69, 9.17) is 23.2 Å². The summed E-state index contributed by atoms with van der Waals surface area (Å²) < 4.78 is 0. The van der Waals surface area contributed by atoms with Gasteiger partial charge < -0.3 is 10.2 Å². The molecular formula is C20H20Cl2N2O2. The van der Waals surface area contributed by atoms with E-state index >= 15 is 0 Å². The molecule has 0 saturated carbocycles. The molecule has 26 heavy (non-hydrogen) atoms. The van der Waals surface area contributed by atoms with E-state index in [1.807, 2.05) is 4.90 Å². The van der Waals surface area contributed by atoms with Crippen LogP contribution in [0.2, 0.25) is 10.0 Å². The highest BCUT2D eigenvalue weighted by Crippen LogP contribution is 2.30. The topological polar surface area (TPSA) is 49.4 Å². The van der Waals surface area contributed by atoms with Gasteiger partial charge in [0, 0.05) is 24.2 Å². The number of amides is 2. The molecule has 2 aromatic carbocycles. The van der Waals surface area contributed by atoms with Gasteiger partial charge >= 0.3 is 0 Å². The van der Waals surface area contributed by atoms with Gasteiger partial charge in [-0.1, -0.05) is 42.3 Å². The molecule has 0 unspecified atom stereocenters. The zero-order chi connectivity index (χ0) is 18.7. The zero-order valence-electron chi connectivity index (χ0n) is 14.5. The summed E-state index contributed by atoms with van der Waals surface area (Å²) in [4.78, 5) is 27.1. The highest BCUT2D eigenvalue weighted by molar-refractivity contribution is 6.40. The van der Waals surface area contributed by atoms with Crippen molar-refractivity contribution >= 4 is 40.7 Å². The summed E-state index contributed by atoms with van der Waals surface area (Å²) in [6.45, 7) is 3.71. The second kappa shape index (κ2) is 8.11. The van der Waals surface area contributed by atoms with Crippen LogP contribution in [0.25, 0.3) is 0 Å². The summed E-state index contributed by atoms with van der Waals surface area (Å²) in [5.41, 5.74) is 1.26. The first kappa shape index (κ1) is 18.7. The Morgan fingerprint density at radius 1 is 1.00 bits per heavy atom. The van der Waals surface area contributed by atoms with Crippen LogP contribution < -0.4 is 5.32 Å². The third-order valence-corrected chi connectivity index (χ3v) is 5.27. The third kappa shape index (κ3) is 4.19. The van der Waals surface area contributed by atoms with E-state index in [2.05, 4.69) is 12.2 Å². The number of benzene rings is 2. The molecule has 1 fully saturated rings. The lowest BCUT2D eigenvalue weighted by molar-refractivity contribution is 0.0697. The first-order valence-electron chi connectivity index (χ1n) is 8.60. The summed E-state index contributed by atoms with van der Waals surface area (Å²) in [7, 11) is 0. The second-order valence-electron chi connectivity index (χ2n) is 6.61. The number of nitrogens with one attached hydrogen (secondary N) is 1. The van der Waals surface area contributed by atoms with Crippen LogP contribution in [0.4, 0.5) is 5.69 Å². The molecule has 2 aromatic rings. The second-order valence-corrected chi connectivity index (χ2v) is 7.42. The van der Waals surface area contributed by atoms with Crippen LogP contribution in [0.3, 0.4) is 0 Å². The SMILES string of the molecule is CC1CCN(C(=O)c2cccc(C(=O)Nc3c(Cl)cccc3Cl)c2)CC1. The Bertz CT molecular complexity index is 810. The third-order valence-electron chi connectivity index (χ3n) is 4.64. The van der Waals surface area contributed by atoms with E-state index in [1.54, 1.807) is 42.5 Å². The first-order valence-corrected chi connectivity index (χ1v) is 9.36. The lowest BCUT2D eigenvalue weighted by Crippen LogP contribution is -2.38. The Labute approximate surface area is 163 Å². The molecule has 3 rings (SSSR count). The Hall–Kier alpha value is -2.04. The lowest BCUT2D eigenvalue weighted by Gasteiger charge is -2.30. The van der Waals surface area contributed by atoms with Crippen molar-refractivity contribution in [1.82, 2.24) is 4.90 Å². The Kier molecular flexibility index (Phi) is 5.84. The average Bonchev–Trinajstić information content (AvgIpc) is 2.65. The molecular weight excluding hydrogens is 371 g/mol. The summed E-state index contributed by atoms with van der Waals surface area (Å²) >= 11 is 12.2. The smallest absolute Gasteiger partial charge is 0.255 e. The van der Waals surface area contributed by atoms with Crippen molar-refractivity contribution in [2.45, 2.75) is 19.8 Å². The normalized spacial score (nSPS) is 15.0. The number of hydrogen-bond donors (Lipinski definition) is 1. The van der Waals surface area contributed by atoms with E-state index in [-0.39, 0.29) is 11.8 Å². The van der Waals surface area contributed by atoms with Gasteiger partial charge in [0.15, 0.2) is 0 Å². The van der Waals surface area contributed by atoms with Gasteiger partial charge in [-0.05, 0) is 49.1 Å². The monoisotopic (exact) mass is 390 g/mol. The van der Waals surface area contributed by atoms with Gasteiger partial charge in [0.05, 0.1) is 15.7 Å². The van der Waals surface area contributed by atoms with Crippen molar-refractivity contribution in [3.63, 3.8) is 0 Å². The molecule has 1 aliphatic heterocycles. The van der Waals surface area contributed by atoms with Crippen LogP contribution in [0.1, 0.15) is 40.5 Å². The number of carbonyl (C=O) groups excluding carboxylic acids is 2. The van der Waals surface area contributed by atoms with E-state index in [0.717, 1.165) is 25.9 Å². The predicted molar refractivity (Wildman–Crippen MR) is 105 cm³/mol. The summed E-state index contributed by atoms with van der Waals surface area (Å²) in [6.07, 6.45) is 2.02. The number of rotatable bonds is 3. The fourth-order valence-electron chi connectivity index (χ4n) is 2.99. The highest BCUT2D eigenvalue weighted by Gasteiger charge is 2.22. The molecule has 1 saturated heterocycles. The standard InChI is InChI=1S/C20H20Cl2N2O2/c1-13-8-10-24(11-9-13)20(26)15-5-2-4-14(12-15)19(25)23-18-16(21)6-3-7-17(18)22/h2-7,12-13H,8-11H2,1H3,(H,23,25).